The zero-order valence-corrected chi connectivity index (χ0v) is 13.8. The van der Waals surface area contributed by atoms with E-state index >= 15 is 0 Å². The lowest BCUT2D eigenvalue weighted by molar-refractivity contribution is -0.123. The summed E-state index contributed by atoms with van der Waals surface area (Å²) in [5.41, 5.74) is 1.98. The number of aromatic nitrogens is 2. The summed E-state index contributed by atoms with van der Waals surface area (Å²) in [4.78, 5) is 12.0. The fourth-order valence-electron chi connectivity index (χ4n) is 2.45. The summed E-state index contributed by atoms with van der Waals surface area (Å²) < 4.78 is 1.76. The van der Waals surface area contributed by atoms with E-state index in [1.54, 1.807) is 4.68 Å². The van der Waals surface area contributed by atoms with Crippen LogP contribution in [0.25, 0.3) is 0 Å². The minimum absolute atomic E-state index is 0. The predicted molar refractivity (Wildman–Crippen MR) is 84.8 cm³/mol. The first-order valence-electron chi connectivity index (χ1n) is 6.57. The van der Waals surface area contributed by atoms with Gasteiger partial charge in [0.1, 0.15) is 6.54 Å². The number of nitrogens with one attached hydrogen (secondary N) is 2. The number of hydrogen-bond acceptors (Lipinski definition) is 3. The molecule has 0 radical (unpaired) electrons. The van der Waals surface area contributed by atoms with Crippen molar-refractivity contribution in [2.24, 2.45) is 5.92 Å². The van der Waals surface area contributed by atoms with Gasteiger partial charge in [-0.3, -0.25) is 9.48 Å². The van der Waals surface area contributed by atoms with Gasteiger partial charge in [0.15, 0.2) is 0 Å². The van der Waals surface area contributed by atoms with Gasteiger partial charge in [0.2, 0.25) is 5.91 Å². The van der Waals surface area contributed by atoms with Crippen molar-refractivity contribution in [1.82, 2.24) is 20.4 Å². The second kappa shape index (κ2) is 8.49. The van der Waals surface area contributed by atoms with Gasteiger partial charge in [-0.25, -0.2) is 0 Å². The van der Waals surface area contributed by atoms with Crippen molar-refractivity contribution in [2.75, 3.05) is 13.1 Å². The Balaban J connectivity index is 0.00000180. The number of aryl methyl sites for hydroxylation is 2. The van der Waals surface area contributed by atoms with E-state index in [-0.39, 0.29) is 36.8 Å². The van der Waals surface area contributed by atoms with Crippen LogP contribution in [0.5, 0.6) is 0 Å². The molecule has 0 aliphatic carbocycles. The van der Waals surface area contributed by atoms with Gasteiger partial charge in [-0.2, -0.15) is 5.10 Å². The first-order chi connectivity index (χ1) is 8.56. The van der Waals surface area contributed by atoms with Crippen LogP contribution in [0, 0.1) is 19.8 Å². The van der Waals surface area contributed by atoms with E-state index in [4.69, 9.17) is 0 Å². The van der Waals surface area contributed by atoms with Crippen LogP contribution in [0.2, 0.25) is 0 Å². The van der Waals surface area contributed by atoms with Gasteiger partial charge in [-0.05, 0) is 45.3 Å². The number of carbonyl (C=O) groups is 1. The van der Waals surface area contributed by atoms with E-state index in [0.717, 1.165) is 30.9 Å². The maximum atomic E-state index is 12.0. The van der Waals surface area contributed by atoms with Gasteiger partial charge in [0.25, 0.3) is 0 Å². The minimum Gasteiger partial charge on any atom is -0.351 e. The van der Waals surface area contributed by atoms with Crippen molar-refractivity contribution in [3.05, 3.63) is 17.5 Å². The quantitative estimate of drug-likeness (QED) is 0.885. The fraction of sp³-hybridized carbons (Fsp3) is 0.692. The van der Waals surface area contributed by atoms with Crippen molar-refractivity contribution in [3.8, 4) is 0 Å². The van der Waals surface area contributed by atoms with Gasteiger partial charge in [-0.1, -0.05) is 6.92 Å². The lowest BCUT2D eigenvalue weighted by atomic mass is 9.95. The number of rotatable bonds is 3. The number of hydrogen-bond donors (Lipinski definition) is 2. The SMILES string of the molecule is Cc1cc(C)n(CC(=O)NC2CCNCC2C)n1.Cl.Cl. The molecule has 0 bridgehead atoms. The summed E-state index contributed by atoms with van der Waals surface area (Å²) >= 11 is 0. The molecule has 0 spiro atoms. The highest BCUT2D eigenvalue weighted by Crippen LogP contribution is 2.10. The first kappa shape index (κ1) is 19.2. The molecule has 1 amide bonds. The summed E-state index contributed by atoms with van der Waals surface area (Å²) in [6, 6.07) is 2.27. The molecule has 5 nitrogen and oxygen atoms in total. The van der Waals surface area contributed by atoms with Crippen LogP contribution >= 0.6 is 24.8 Å². The normalized spacial score (nSPS) is 21.6. The first-order valence-corrected chi connectivity index (χ1v) is 6.57. The molecular weight excluding hydrogens is 299 g/mol. The molecule has 0 saturated carbocycles. The highest BCUT2D eigenvalue weighted by atomic mass is 35.5. The van der Waals surface area contributed by atoms with E-state index < -0.39 is 0 Å². The Bertz CT molecular complexity index is 436. The predicted octanol–water partition coefficient (Wildman–Crippen LogP) is 1.46. The van der Waals surface area contributed by atoms with Gasteiger partial charge >= 0.3 is 0 Å². The number of nitrogens with zero attached hydrogens (tertiary/aromatic N) is 2. The summed E-state index contributed by atoms with van der Waals surface area (Å²) in [7, 11) is 0. The molecule has 1 fully saturated rings. The topological polar surface area (TPSA) is 59.0 Å². The van der Waals surface area contributed by atoms with E-state index in [2.05, 4.69) is 22.7 Å². The van der Waals surface area contributed by atoms with E-state index in [1.165, 1.54) is 0 Å². The Labute approximate surface area is 132 Å². The van der Waals surface area contributed by atoms with Gasteiger partial charge in [0.05, 0.1) is 5.69 Å². The molecule has 116 valence electrons. The van der Waals surface area contributed by atoms with Crippen LogP contribution in [-0.4, -0.2) is 34.8 Å². The highest BCUT2D eigenvalue weighted by molar-refractivity contribution is 5.85. The van der Waals surface area contributed by atoms with Crippen molar-refractivity contribution in [3.63, 3.8) is 0 Å². The lowest BCUT2D eigenvalue weighted by Crippen LogP contribution is -2.49. The summed E-state index contributed by atoms with van der Waals surface area (Å²) in [6.45, 7) is 8.35. The molecule has 2 atom stereocenters. The van der Waals surface area contributed by atoms with Crippen LogP contribution in [-0.2, 0) is 11.3 Å². The summed E-state index contributed by atoms with van der Waals surface area (Å²) in [5.74, 6) is 0.545. The van der Waals surface area contributed by atoms with Crippen molar-refractivity contribution < 1.29 is 4.79 Å². The molecule has 0 aromatic carbocycles. The second-order valence-electron chi connectivity index (χ2n) is 5.23. The molecule has 2 unspecified atom stereocenters. The van der Waals surface area contributed by atoms with Crippen LogP contribution in [0.3, 0.4) is 0 Å². The van der Waals surface area contributed by atoms with Gasteiger partial charge in [-0.15, -0.1) is 24.8 Å². The maximum Gasteiger partial charge on any atom is 0.241 e. The molecular formula is C13H24Cl2N4O. The standard InChI is InChI=1S/C13H22N4O.2ClH/c1-9-7-14-5-4-12(9)15-13(18)8-17-11(3)6-10(2)16-17;;/h6,9,12,14H,4-5,7-8H2,1-3H3,(H,15,18);2*1H. The monoisotopic (exact) mass is 322 g/mol. The Morgan fingerprint density at radius 1 is 1.50 bits per heavy atom. The van der Waals surface area contributed by atoms with E-state index in [1.807, 2.05) is 19.9 Å². The molecule has 2 rings (SSSR count). The third-order valence-electron chi connectivity index (χ3n) is 3.53. The van der Waals surface area contributed by atoms with Crippen molar-refractivity contribution in [2.45, 2.75) is 39.8 Å². The number of amides is 1. The zero-order valence-electron chi connectivity index (χ0n) is 12.2. The Kier molecular flexibility index (Phi) is 8.16. The zero-order chi connectivity index (χ0) is 13.1. The third-order valence-corrected chi connectivity index (χ3v) is 3.53. The van der Waals surface area contributed by atoms with Crippen LogP contribution in [0.4, 0.5) is 0 Å². The number of halogens is 2. The Hall–Kier alpha value is -0.780. The molecule has 1 aliphatic rings. The average Bonchev–Trinajstić information content (AvgIpc) is 2.61. The molecule has 7 heteroatoms. The molecule has 1 saturated heterocycles. The molecule has 2 heterocycles. The molecule has 1 aromatic rings. The van der Waals surface area contributed by atoms with E-state index in [0.29, 0.717) is 12.5 Å². The molecule has 1 aliphatic heterocycles. The molecule has 20 heavy (non-hydrogen) atoms. The fourth-order valence-corrected chi connectivity index (χ4v) is 2.45. The number of piperidine rings is 1. The second-order valence-corrected chi connectivity index (χ2v) is 5.23. The molecule has 1 aromatic heterocycles. The third kappa shape index (κ3) is 4.96. The van der Waals surface area contributed by atoms with Crippen molar-refractivity contribution >= 4 is 30.7 Å². The smallest absolute Gasteiger partial charge is 0.241 e. The van der Waals surface area contributed by atoms with Crippen LogP contribution < -0.4 is 10.6 Å². The Morgan fingerprint density at radius 3 is 2.75 bits per heavy atom. The number of carbonyl (C=O) groups excluding carboxylic acids is 1. The largest absolute Gasteiger partial charge is 0.351 e. The summed E-state index contributed by atoms with van der Waals surface area (Å²) in [5, 5.41) is 10.8. The van der Waals surface area contributed by atoms with Crippen LogP contribution in [0.15, 0.2) is 6.07 Å². The van der Waals surface area contributed by atoms with Crippen LogP contribution in [0.1, 0.15) is 24.7 Å². The van der Waals surface area contributed by atoms with E-state index in [9.17, 15) is 4.79 Å². The maximum absolute atomic E-state index is 12.0. The minimum atomic E-state index is 0. The van der Waals surface area contributed by atoms with Gasteiger partial charge in [0, 0.05) is 11.7 Å². The lowest BCUT2D eigenvalue weighted by Gasteiger charge is -2.30. The summed E-state index contributed by atoms with van der Waals surface area (Å²) in [6.07, 6.45) is 1.00. The van der Waals surface area contributed by atoms with Crippen molar-refractivity contribution in [1.29, 1.82) is 0 Å². The highest BCUT2D eigenvalue weighted by Gasteiger charge is 2.22. The average molecular weight is 323 g/mol. The molecule has 2 N–H and O–H groups in total. The Morgan fingerprint density at radius 2 is 2.20 bits per heavy atom. The van der Waals surface area contributed by atoms with Gasteiger partial charge < -0.3 is 10.6 Å².